The van der Waals surface area contributed by atoms with Crippen molar-refractivity contribution in [1.82, 2.24) is 9.80 Å². The zero-order chi connectivity index (χ0) is 9.14. The molecule has 0 N–H and O–H groups in total. The van der Waals surface area contributed by atoms with E-state index in [4.69, 9.17) is 12.2 Å². The van der Waals surface area contributed by atoms with Gasteiger partial charge < -0.3 is 9.80 Å². The van der Waals surface area contributed by atoms with Crippen LogP contribution >= 0.6 is 12.2 Å². The van der Waals surface area contributed by atoms with E-state index in [1.807, 2.05) is 0 Å². The van der Waals surface area contributed by atoms with Crippen molar-refractivity contribution in [1.29, 1.82) is 0 Å². The van der Waals surface area contributed by atoms with E-state index in [0.29, 0.717) is 6.04 Å². The summed E-state index contributed by atoms with van der Waals surface area (Å²) in [5.41, 5.74) is 0. The van der Waals surface area contributed by atoms with Gasteiger partial charge in [0.15, 0.2) is 5.11 Å². The molecule has 4 heteroatoms. The molecule has 1 aliphatic heterocycles. The van der Waals surface area contributed by atoms with Crippen LogP contribution in [0.4, 0.5) is 0 Å². The molecule has 1 heterocycles. The van der Waals surface area contributed by atoms with E-state index in [2.05, 4.69) is 30.6 Å². The number of rotatable bonds is 2. The van der Waals surface area contributed by atoms with E-state index in [1.54, 1.807) is 0 Å². The van der Waals surface area contributed by atoms with Crippen LogP contribution in [0, 0.1) is 0 Å². The third-order valence-corrected chi connectivity index (χ3v) is 2.84. The Morgan fingerprint density at radius 3 is 2.46 bits per heavy atom. The molecule has 0 aromatic rings. The van der Waals surface area contributed by atoms with Crippen LogP contribution in [0.2, 0.25) is 0 Å². The molecule has 80 valence electrons. The van der Waals surface area contributed by atoms with Gasteiger partial charge in [-0.2, -0.15) is 0 Å². The van der Waals surface area contributed by atoms with Crippen molar-refractivity contribution in [3.8, 4) is 0 Å². The van der Waals surface area contributed by atoms with Gasteiger partial charge in [0.2, 0.25) is 0 Å². The average molecular weight is 381 g/mol. The van der Waals surface area contributed by atoms with Gasteiger partial charge in [-0.25, -0.2) is 0 Å². The van der Waals surface area contributed by atoms with Crippen LogP contribution in [0.3, 0.4) is 0 Å². The van der Waals surface area contributed by atoms with Gasteiger partial charge in [-0.1, -0.05) is 0 Å². The second-order valence-corrected chi connectivity index (χ2v) is 3.87. The van der Waals surface area contributed by atoms with Gasteiger partial charge in [0, 0.05) is 46.7 Å². The second kappa shape index (κ2) is 5.97. The van der Waals surface area contributed by atoms with Gasteiger partial charge >= 0.3 is 0 Å². The standard InChI is InChI=1S/C9H18N2S.Pt/c1-4-10-6-5-7-11(8(2)3)9(10)12;/h8H,4-7H2,1-3H3;. The average Bonchev–Trinajstić information content (AvgIpc) is 2.04. The van der Waals surface area contributed by atoms with Crippen LogP contribution in [0.5, 0.6) is 0 Å². The minimum atomic E-state index is 0. The van der Waals surface area contributed by atoms with Gasteiger partial charge in [0.05, 0.1) is 0 Å². The second-order valence-electron chi connectivity index (χ2n) is 3.50. The summed E-state index contributed by atoms with van der Waals surface area (Å²) in [5, 5.41) is 1.04. The van der Waals surface area contributed by atoms with Crippen molar-refractivity contribution in [2.24, 2.45) is 0 Å². The Kier molecular flexibility index (Phi) is 6.15. The first-order chi connectivity index (χ1) is 5.66. The largest absolute Gasteiger partial charge is 0.349 e. The first kappa shape index (κ1) is 13.4. The summed E-state index contributed by atoms with van der Waals surface area (Å²) in [5.74, 6) is 0. The van der Waals surface area contributed by atoms with Crippen molar-refractivity contribution in [2.75, 3.05) is 19.6 Å². The van der Waals surface area contributed by atoms with Crippen molar-refractivity contribution in [3.63, 3.8) is 0 Å². The number of hydrogen-bond donors (Lipinski definition) is 0. The van der Waals surface area contributed by atoms with Gasteiger partial charge in [-0.3, -0.25) is 0 Å². The molecule has 1 saturated heterocycles. The van der Waals surface area contributed by atoms with Crippen LogP contribution in [-0.4, -0.2) is 40.6 Å². The molecule has 0 unspecified atom stereocenters. The van der Waals surface area contributed by atoms with Gasteiger partial charge in [0.1, 0.15) is 0 Å². The van der Waals surface area contributed by atoms with Crippen molar-refractivity contribution in [2.45, 2.75) is 33.2 Å². The Morgan fingerprint density at radius 2 is 2.00 bits per heavy atom. The van der Waals surface area contributed by atoms with E-state index in [-0.39, 0.29) is 21.1 Å². The maximum atomic E-state index is 5.38. The maximum Gasteiger partial charge on any atom is 0.171 e. The Hall–Kier alpha value is 0.378. The van der Waals surface area contributed by atoms with Gasteiger partial charge in [-0.05, 0) is 39.4 Å². The summed E-state index contributed by atoms with van der Waals surface area (Å²) in [4.78, 5) is 4.58. The van der Waals surface area contributed by atoms with Crippen molar-refractivity contribution < 1.29 is 21.1 Å². The molecular weight excluding hydrogens is 363 g/mol. The summed E-state index contributed by atoms with van der Waals surface area (Å²) in [6.45, 7) is 9.88. The smallest absolute Gasteiger partial charge is 0.171 e. The first-order valence-electron chi connectivity index (χ1n) is 4.72. The third kappa shape index (κ3) is 3.21. The molecule has 1 fully saturated rings. The van der Waals surface area contributed by atoms with Crippen LogP contribution in [0.25, 0.3) is 0 Å². The Morgan fingerprint density at radius 1 is 1.38 bits per heavy atom. The zero-order valence-corrected chi connectivity index (χ0v) is 11.6. The summed E-state index contributed by atoms with van der Waals surface area (Å²) < 4.78 is 0. The zero-order valence-electron chi connectivity index (χ0n) is 8.52. The van der Waals surface area contributed by atoms with Crippen LogP contribution in [-0.2, 0) is 21.1 Å². The fourth-order valence-electron chi connectivity index (χ4n) is 1.58. The molecule has 1 aliphatic rings. The Balaban J connectivity index is 0.00000144. The number of hydrogen-bond acceptors (Lipinski definition) is 1. The molecule has 0 aliphatic carbocycles. The molecule has 0 spiro atoms. The van der Waals surface area contributed by atoms with E-state index in [1.165, 1.54) is 6.42 Å². The minimum absolute atomic E-state index is 0. The molecule has 1 rings (SSSR count). The van der Waals surface area contributed by atoms with Gasteiger partial charge in [-0.15, -0.1) is 0 Å². The van der Waals surface area contributed by atoms with E-state index >= 15 is 0 Å². The molecule has 0 aromatic carbocycles. The van der Waals surface area contributed by atoms with E-state index < -0.39 is 0 Å². The van der Waals surface area contributed by atoms with E-state index in [0.717, 1.165) is 24.7 Å². The predicted octanol–water partition coefficient (Wildman–Crippen LogP) is 1.70. The summed E-state index contributed by atoms with van der Waals surface area (Å²) in [6, 6.07) is 0.548. The fourth-order valence-corrected chi connectivity index (χ4v) is 2.10. The molecule has 0 saturated carbocycles. The SMILES string of the molecule is CCN1CCCN(C(C)C)C1=S.[Pt]. The minimum Gasteiger partial charge on any atom is -0.349 e. The number of nitrogens with zero attached hydrogens (tertiary/aromatic N) is 2. The topological polar surface area (TPSA) is 6.48 Å². The maximum absolute atomic E-state index is 5.38. The molecule has 0 amide bonds. The molecule has 0 aromatic heterocycles. The molecule has 0 bridgehead atoms. The fraction of sp³-hybridized carbons (Fsp3) is 0.889. The van der Waals surface area contributed by atoms with Crippen LogP contribution in [0.1, 0.15) is 27.2 Å². The summed E-state index contributed by atoms with van der Waals surface area (Å²) >= 11 is 5.38. The molecule has 0 radical (unpaired) electrons. The van der Waals surface area contributed by atoms with Gasteiger partial charge in [0.25, 0.3) is 0 Å². The molecular formula is C9H18N2PtS. The Bertz CT molecular complexity index is 173. The predicted molar refractivity (Wildman–Crippen MR) is 56.3 cm³/mol. The molecule has 0 atom stereocenters. The van der Waals surface area contributed by atoms with Crippen molar-refractivity contribution >= 4 is 17.3 Å². The number of thiocarbonyl (C=S) groups is 1. The van der Waals surface area contributed by atoms with Crippen LogP contribution < -0.4 is 0 Å². The van der Waals surface area contributed by atoms with Crippen LogP contribution in [0.15, 0.2) is 0 Å². The quantitative estimate of drug-likeness (QED) is 0.673. The summed E-state index contributed by atoms with van der Waals surface area (Å²) in [7, 11) is 0. The molecule has 13 heavy (non-hydrogen) atoms. The summed E-state index contributed by atoms with van der Waals surface area (Å²) in [6.07, 6.45) is 1.24. The Labute approximate surface area is 101 Å². The molecule has 2 nitrogen and oxygen atoms in total. The van der Waals surface area contributed by atoms with Crippen molar-refractivity contribution in [3.05, 3.63) is 0 Å². The van der Waals surface area contributed by atoms with E-state index in [9.17, 15) is 0 Å². The monoisotopic (exact) mass is 381 g/mol. The first-order valence-corrected chi connectivity index (χ1v) is 5.13. The third-order valence-electron chi connectivity index (χ3n) is 2.35. The normalized spacial score (nSPS) is 17.7.